The van der Waals surface area contributed by atoms with Gasteiger partial charge in [0.25, 0.3) is 0 Å². The van der Waals surface area contributed by atoms with Gasteiger partial charge in [0, 0.05) is 26.1 Å². The number of methoxy groups -OCH3 is 1. The summed E-state index contributed by atoms with van der Waals surface area (Å²) in [6.45, 7) is 6.05. The van der Waals surface area contributed by atoms with Crippen LogP contribution in [0.2, 0.25) is 0 Å². The number of rotatable bonds is 6. The maximum atomic E-state index is 11.8. The van der Waals surface area contributed by atoms with E-state index in [1.165, 1.54) is 12.0 Å². The molecule has 0 fully saturated rings. The van der Waals surface area contributed by atoms with Crippen molar-refractivity contribution in [2.75, 3.05) is 20.7 Å². The van der Waals surface area contributed by atoms with Crippen LogP contribution in [0.15, 0.2) is 0 Å². The van der Waals surface area contributed by atoms with Gasteiger partial charge in [0.05, 0.1) is 13.0 Å². The molecule has 0 aromatic rings. The maximum absolute atomic E-state index is 11.8. The highest BCUT2D eigenvalue weighted by Crippen LogP contribution is 2.07. The summed E-state index contributed by atoms with van der Waals surface area (Å²) >= 11 is 0. The number of amides is 1. The molecule has 5 heteroatoms. The van der Waals surface area contributed by atoms with Crippen LogP contribution in [0.3, 0.4) is 0 Å². The van der Waals surface area contributed by atoms with Crippen molar-refractivity contribution in [3.63, 3.8) is 0 Å². The van der Waals surface area contributed by atoms with E-state index in [0.717, 1.165) is 0 Å². The summed E-state index contributed by atoms with van der Waals surface area (Å²) in [7, 11) is 3.02. The first-order valence-electron chi connectivity index (χ1n) is 5.87. The zero-order chi connectivity index (χ0) is 13.6. The maximum Gasteiger partial charge on any atom is 0.310 e. The largest absolute Gasteiger partial charge is 0.469 e. The van der Waals surface area contributed by atoms with Crippen molar-refractivity contribution in [2.24, 2.45) is 17.6 Å². The van der Waals surface area contributed by atoms with Gasteiger partial charge in [0.2, 0.25) is 5.91 Å². The fourth-order valence-electron chi connectivity index (χ4n) is 1.38. The Morgan fingerprint density at radius 2 is 1.82 bits per heavy atom. The fraction of sp³-hybridized carbons (Fsp3) is 0.833. The molecular formula is C12H24N2O3. The summed E-state index contributed by atoms with van der Waals surface area (Å²) in [6, 6.07) is -0.140. The van der Waals surface area contributed by atoms with Gasteiger partial charge < -0.3 is 15.4 Å². The summed E-state index contributed by atoms with van der Waals surface area (Å²) in [6.07, 6.45) is 0.308. The van der Waals surface area contributed by atoms with Crippen molar-refractivity contribution < 1.29 is 14.3 Å². The van der Waals surface area contributed by atoms with Crippen molar-refractivity contribution in [3.05, 3.63) is 0 Å². The Hall–Kier alpha value is -1.10. The van der Waals surface area contributed by atoms with E-state index in [2.05, 4.69) is 4.74 Å². The topological polar surface area (TPSA) is 72.6 Å². The second-order valence-corrected chi connectivity index (χ2v) is 4.81. The van der Waals surface area contributed by atoms with Crippen LogP contribution in [0, 0.1) is 11.8 Å². The molecule has 0 radical (unpaired) electrons. The van der Waals surface area contributed by atoms with E-state index in [4.69, 9.17) is 5.73 Å². The number of hydrogen-bond acceptors (Lipinski definition) is 4. The summed E-state index contributed by atoms with van der Waals surface area (Å²) in [5.74, 6) is -0.394. The molecule has 0 aromatic carbocycles. The number of carbonyl (C=O) groups is 2. The lowest BCUT2D eigenvalue weighted by Crippen LogP contribution is -2.39. The molecule has 0 aliphatic carbocycles. The molecule has 5 nitrogen and oxygen atoms in total. The number of nitrogens with two attached hydrogens (primary N) is 1. The highest BCUT2D eigenvalue weighted by atomic mass is 16.5. The van der Waals surface area contributed by atoms with Crippen molar-refractivity contribution in [1.82, 2.24) is 4.90 Å². The molecule has 0 aromatic heterocycles. The Labute approximate surface area is 103 Å². The zero-order valence-corrected chi connectivity index (χ0v) is 11.4. The quantitative estimate of drug-likeness (QED) is 0.695. The first-order valence-corrected chi connectivity index (χ1v) is 5.87. The Bertz CT molecular complexity index is 266. The van der Waals surface area contributed by atoms with Gasteiger partial charge in [-0.3, -0.25) is 9.59 Å². The molecule has 0 aliphatic rings. The van der Waals surface area contributed by atoms with Gasteiger partial charge in [-0.15, -0.1) is 0 Å². The van der Waals surface area contributed by atoms with Crippen LogP contribution in [0.4, 0.5) is 0 Å². The standard InChI is InChI=1S/C12H24N2O3/c1-8(2)10(13)6-11(15)14(4)7-9(3)12(16)17-5/h8-10H,6-7,13H2,1-5H3. The van der Waals surface area contributed by atoms with Crippen molar-refractivity contribution in [2.45, 2.75) is 33.2 Å². The third kappa shape index (κ3) is 5.68. The molecule has 0 aliphatic heterocycles. The molecule has 100 valence electrons. The van der Waals surface area contributed by atoms with Gasteiger partial charge in [0.1, 0.15) is 0 Å². The van der Waals surface area contributed by atoms with E-state index in [-0.39, 0.29) is 29.8 Å². The lowest BCUT2D eigenvalue weighted by molar-refractivity contribution is -0.146. The molecule has 0 rings (SSSR count). The fourth-order valence-corrected chi connectivity index (χ4v) is 1.38. The molecule has 1 amide bonds. The molecule has 2 N–H and O–H groups in total. The van der Waals surface area contributed by atoms with E-state index in [1.54, 1.807) is 14.0 Å². The number of carbonyl (C=O) groups excluding carboxylic acids is 2. The summed E-state index contributed by atoms with van der Waals surface area (Å²) < 4.78 is 4.61. The van der Waals surface area contributed by atoms with E-state index < -0.39 is 0 Å². The van der Waals surface area contributed by atoms with Crippen molar-refractivity contribution in [1.29, 1.82) is 0 Å². The van der Waals surface area contributed by atoms with Crippen molar-refractivity contribution in [3.8, 4) is 0 Å². The molecule has 2 unspecified atom stereocenters. The van der Waals surface area contributed by atoms with Gasteiger partial charge in [-0.1, -0.05) is 20.8 Å². The molecule has 0 saturated heterocycles. The Kier molecular flexibility index (Phi) is 6.80. The molecule has 0 bridgehead atoms. The van der Waals surface area contributed by atoms with E-state index in [1.807, 2.05) is 13.8 Å². The van der Waals surface area contributed by atoms with E-state index in [9.17, 15) is 9.59 Å². The number of hydrogen-bond donors (Lipinski definition) is 1. The van der Waals surface area contributed by atoms with Gasteiger partial charge in [-0.2, -0.15) is 0 Å². The van der Waals surface area contributed by atoms with Crippen LogP contribution in [0.1, 0.15) is 27.2 Å². The predicted octanol–water partition coefficient (Wildman–Crippen LogP) is 0.627. The normalized spacial score (nSPS) is 14.3. The second-order valence-electron chi connectivity index (χ2n) is 4.81. The number of nitrogens with zero attached hydrogens (tertiary/aromatic N) is 1. The highest BCUT2D eigenvalue weighted by molar-refractivity contribution is 5.78. The second kappa shape index (κ2) is 7.27. The van der Waals surface area contributed by atoms with Gasteiger partial charge in [-0.05, 0) is 5.92 Å². The van der Waals surface area contributed by atoms with E-state index in [0.29, 0.717) is 13.0 Å². The number of esters is 1. The van der Waals surface area contributed by atoms with Crippen LogP contribution in [0.25, 0.3) is 0 Å². The summed E-state index contributed by atoms with van der Waals surface area (Å²) in [5.41, 5.74) is 5.83. The third-order valence-electron chi connectivity index (χ3n) is 2.84. The molecule has 17 heavy (non-hydrogen) atoms. The minimum atomic E-state index is -0.316. The molecule has 0 heterocycles. The molecular weight excluding hydrogens is 220 g/mol. The number of ether oxygens (including phenoxy) is 1. The molecule has 0 spiro atoms. The minimum Gasteiger partial charge on any atom is -0.469 e. The average molecular weight is 244 g/mol. The predicted molar refractivity (Wildman–Crippen MR) is 66.2 cm³/mol. The van der Waals surface area contributed by atoms with Gasteiger partial charge in [-0.25, -0.2) is 0 Å². The van der Waals surface area contributed by atoms with Crippen LogP contribution < -0.4 is 5.73 Å². The Morgan fingerprint density at radius 3 is 2.24 bits per heavy atom. The Morgan fingerprint density at radius 1 is 1.29 bits per heavy atom. The van der Waals surface area contributed by atoms with Crippen LogP contribution >= 0.6 is 0 Å². The lowest BCUT2D eigenvalue weighted by Gasteiger charge is -2.23. The van der Waals surface area contributed by atoms with Crippen LogP contribution in [0.5, 0.6) is 0 Å². The molecule has 2 atom stereocenters. The Balaban J connectivity index is 4.18. The highest BCUT2D eigenvalue weighted by Gasteiger charge is 2.20. The first-order chi connectivity index (χ1) is 7.79. The SMILES string of the molecule is COC(=O)C(C)CN(C)C(=O)CC(N)C(C)C. The van der Waals surface area contributed by atoms with Crippen LogP contribution in [-0.4, -0.2) is 43.5 Å². The average Bonchev–Trinajstić information content (AvgIpc) is 2.27. The zero-order valence-electron chi connectivity index (χ0n) is 11.4. The monoisotopic (exact) mass is 244 g/mol. The summed E-state index contributed by atoms with van der Waals surface area (Å²) in [4.78, 5) is 24.5. The van der Waals surface area contributed by atoms with Gasteiger partial charge >= 0.3 is 5.97 Å². The lowest BCUT2D eigenvalue weighted by atomic mass is 10.0. The van der Waals surface area contributed by atoms with Gasteiger partial charge in [0.15, 0.2) is 0 Å². The minimum absolute atomic E-state index is 0.0399. The smallest absolute Gasteiger partial charge is 0.310 e. The molecule has 0 saturated carbocycles. The summed E-state index contributed by atoms with van der Waals surface area (Å²) in [5, 5.41) is 0. The van der Waals surface area contributed by atoms with Crippen molar-refractivity contribution >= 4 is 11.9 Å². The van der Waals surface area contributed by atoms with E-state index >= 15 is 0 Å². The third-order valence-corrected chi connectivity index (χ3v) is 2.84. The van der Waals surface area contributed by atoms with Crippen LogP contribution in [-0.2, 0) is 14.3 Å². The first kappa shape index (κ1) is 15.9.